The van der Waals surface area contributed by atoms with Crippen LogP contribution in [0.3, 0.4) is 0 Å². The number of carboxylic acid groups (broad SMARTS) is 1. The van der Waals surface area contributed by atoms with E-state index in [2.05, 4.69) is 5.32 Å². The number of aliphatic carboxylic acids is 1. The van der Waals surface area contributed by atoms with Crippen molar-refractivity contribution in [3.05, 3.63) is 12.2 Å². The Morgan fingerprint density at radius 2 is 2.00 bits per heavy atom. The molecule has 0 aliphatic heterocycles. The second-order valence-corrected chi connectivity index (χ2v) is 3.86. The molecule has 0 radical (unpaired) electrons. The highest BCUT2D eigenvalue weighted by atomic mass is 16.4. The van der Waals surface area contributed by atoms with Gasteiger partial charge in [0, 0.05) is 25.3 Å². The molecule has 5 heteroatoms. The molecule has 84 valence electrons. The lowest BCUT2D eigenvalue weighted by molar-refractivity contribution is -0.131. The molecule has 0 heterocycles. The van der Waals surface area contributed by atoms with Crippen LogP contribution in [0, 0.1) is 5.41 Å². The first kappa shape index (κ1) is 11.7. The number of carboxylic acids is 1. The number of hydrogen-bond donors (Lipinski definition) is 3. The van der Waals surface area contributed by atoms with E-state index in [0.717, 1.165) is 25.0 Å². The lowest BCUT2D eigenvalue weighted by Gasteiger charge is -2.13. The molecule has 1 fully saturated rings. The maximum Gasteiger partial charge on any atom is 0.328 e. The van der Waals surface area contributed by atoms with Gasteiger partial charge in [-0.15, -0.1) is 0 Å². The number of hydrogen-bond acceptors (Lipinski definition) is 3. The number of carbonyl (C=O) groups excluding carboxylic acids is 1. The Morgan fingerprint density at radius 1 is 1.33 bits per heavy atom. The lowest BCUT2D eigenvalue weighted by atomic mass is 10.0. The predicted octanol–water partition coefficient (Wildman–Crippen LogP) is -0.0940. The van der Waals surface area contributed by atoms with Crippen LogP contribution in [-0.4, -0.2) is 35.2 Å². The molecular formula is C10H15NO4. The number of aliphatic hydroxyl groups is 1. The number of aliphatic hydroxyl groups excluding tert-OH is 1. The SMILES string of the molecule is O=C(O)/C=C/C(=O)NCC1(CCO)CC1. The number of rotatable bonds is 6. The highest BCUT2D eigenvalue weighted by Crippen LogP contribution is 2.47. The van der Waals surface area contributed by atoms with Crippen molar-refractivity contribution in [3.63, 3.8) is 0 Å². The quantitative estimate of drug-likeness (QED) is 0.538. The molecule has 0 aromatic carbocycles. The van der Waals surface area contributed by atoms with Gasteiger partial charge in [-0.1, -0.05) is 0 Å². The van der Waals surface area contributed by atoms with Crippen LogP contribution < -0.4 is 5.32 Å². The summed E-state index contributed by atoms with van der Waals surface area (Å²) in [6.45, 7) is 0.636. The predicted molar refractivity (Wildman–Crippen MR) is 53.2 cm³/mol. The third-order valence-corrected chi connectivity index (χ3v) is 2.61. The van der Waals surface area contributed by atoms with E-state index in [-0.39, 0.29) is 12.0 Å². The smallest absolute Gasteiger partial charge is 0.328 e. The first-order valence-corrected chi connectivity index (χ1v) is 4.88. The van der Waals surface area contributed by atoms with Crippen LogP contribution in [0.2, 0.25) is 0 Å². The maximum absolute atomic E-state index is 11.1. The Kier molecular flexibility index (Phi) is 3.85. The Balaban J connectivity index is 2.25. The van der Waals surface area contributed by atoms with E-state index in [4.69, 9.17) is 10.2 Å². The van der Waals surface area contributed by atoms with Crippen LogP contribution in [0.15, 0.2) is 12.2 Å². The van der Waals surface area contributed by atoms with Crippen LogP contribution in [0.1, 0.15) is 19.3 Å². The third-order valence-electron chi connectivity index (χ3n) is 2.61. The molecule has 0 saturated heterocycles. The molecule has 3 N–H and O–H groups in total. The molecule has 0 aromatic heterocycles. The summed E-state index contributed by atoms with van der Waals surface area (Å²) < 4.78 is 0. The van der Waals surface area contributed by atoms with Crippen molar-refractivity contribution in [3.8, 4) is 0 Å². The fraction of sp³-hybridized carbons (Fsp3) is 0.600. The topological polar surface area (TPSA) is 86.6 Å². The average Bonchev–Trinajstić information content (AvgIpc) is 2.93. The summed E-state index contributed by atoms with van der Waals surface area (Å²) >= 11 is 0. The fourth-order valence-corrected chi connectivity index (χ4v) is 1.41. The van der Waals surface area contributed by atoms with Gasteiger partial charge in [-0.2, -0.15) is 0 Å². The van der Waals surface area contributed by atoms with E-state index in [1.165, 1.54) is 0 Å². The summed E-state index contributed by atoms with van der Waals surface area (Å²) in [5.41, 5.74) is 0.0570. The number of amides is 1. The molecule has 15 heavy (non-hydrogen) atoms. The minimum absolute atomic E-state index is 0.0570. The van der Waals surface area contributed by atoms with Gasteiger partial charge in [0.2, 0.25) is 5.91 Å². The van der Waals surface area contributed by atoms with Gasteiger partial charge in [-0.3, -0.25) is 4.79 Å². The van der Waals surface area contributed by atoms with Crippen LogP contribution in [0.5, 0.6) is 0 Å². The largest absolute Gasteiger partial charge is 0.478 e. The van der Waals surface area contributed by atoms with Crippen molar-refractivity contribution < 1.29 is 19.8 Å². The normalized spacial score (nSPS) is 17.7. The minimum atomic E-state index is -1.14. The minimum Gasteiger partial charge on any atom is -0.478 e. The number of nitrogens with one attached hydrogen (secondary N) is 1. The molecule has 1 aliphatic carbocycles. The molecule has 0 spiro atoms. The highest BCUT2D eigenvalue weighted by Gasteiger charge is 2.41. The van der Waals surface area contributed by atoms with Crippen molar-refractivity contribution in [2.24, 2.45) is 5.41 Å². The van der Waals surface area contributed by atoms with Gasteiger partial charge >= 0.3 is 5.97 Å². The monoisotopic (exact) mass is 213 g/mol. The molecule has 1 aliphatic rings. The van der Waals surface area contributed by atoms with Gasteiger partial charge in [-0.25, -0.2) is 4.79 Å². The summed E-state index contributed by atoms with van der Waals surface area (Å²) in [7, 11) is 0. The molecule has 1 amide bonds. The summed E-state index contributed by atoms with van der Waals surface area (Å²) in [5.74, 6) is -1.54. The summed E-state index contributed by atoms with van der Waals surface area (Å²) in [4.78, 5) is 21.2. The second-order valence-electron chi connectivity index (χ2n) is 3.86. The van der Waals surface area contributed by atoms with E-state index in [9.17, 15) is 9.59 Å². The molecule has 5 nitrogen and oxygen atoms in total. The zero-order chi connectivity index (χ0) is 11.3. The van der Waals surface area contributed by atoms with Gasteiger partial charge in [0.1, 0.15) is 0 Å². The first-order valence-electron chi connectivity index (χ1n) is 4.88. The van der Waals surface area contributed by atoms with Gasteiger partial charge in [0.15, 0.2) is 0 Å². The molecule has 0 bridgehead atoms. The summed E-state index contributed by atoms with van der Waals surface area (Å²) in [5, 5.41) is 19.7. The third kappa shape index (κ3) is 4.12. The highest BCUT2D eigenvalue weighted by molar-refractivity contribution is 5.93. The van der Waals surface area contributed by atoms with Gasteiger partial charge in [0.05, 0.1) is 0 Å². The van der Waals surface area contributed by atoms with Gasteiger partial charge in [0.25, 0.3) is 0 Å². The van der Waals surface area contributed by atoms with E-state index in [1.807, 2.05) is 0 Å². The molecule has 0 atom stereocenters. The van der Waals surface area contributed by atoms with E-state index in [1.54, 1.807) is 0 Å². The summed E-state index contributed by atoms with van der Waals surface area (Å²) in [6, 6.07) is 0. The van der Waals surface area contributed by atoms with Gasteiger partial charge in [-0.05, 0) is 24.7 Å². The number of carbonyl (C=O) groups is 2. The Hall–Kier alpha value is -1.36. The summed E-state index contributed by atoms with van der Waals surface area (Å²) in [6.07, 6.45) is 4.52. The van der Waals surface area contributed by atoms with Crippen LogP contribution >= 0.6 is 0 Å². The van der Waals surface area contributed by atoms with Crippen molar-refractivity contribution in [2.75, 3.05) is 13.2 Å². The van der Waals surface area contributed by atoms with Crippen LogP contribution in [0.25, 0.3) is 0 Å². The van der Waals surface area contributed by atoms with Crippen LogP contribution in [-0.2, 0) is 9.59 Å². The molecule has 1 rings (SSSR count). The maximum atomic E-state index is 11.1. The van der Waals surface area contributed by atoms with Crippen molar-refractivity contribution in [1.29, 1.82) is 0 Å². The molecule has 0 aromatic rings. The molecule has 0 unspecified atom stereocenters. The molecular weight excluding hydrogens is 198 g/mol. The van der Waals surface area contributed by atoms with Crippen molar-refractivity contribution >= 4 is 11.9 Å². The fourth-order valence-electron chi connectivity index (χ4n) is 1.41. The van der Waals surface area contributed by atoms with Gasteiger partial charge < -0.3 is 15.5 Å². The standard InChI is InChI=1S/C10H15NO4/c12-6-5-10(3-4-10)7-11-8(13)1-2-9(14)15/h1-2,12H,3-7H2,(H,11,13)(H,14,15)/b2-1+. The second kappa shape index (κ2) is 4.93. The zero-order valence-electron chi connectivity index (χ0n) is 8.40. The lowest BCUT2D eigenvalue weighted by Crippen LogP contribution is -2.29. The Labute approximate surface area is 87.8 Å². The van der Waals surface area contributed by atoms with Crippen molar-refractivity contribution in [1.82, 2.24) is 5.32 Å². The van der Waals surface area contributed by atoms with E-state index < -0.39 is 11.9 Å². The first-order chi connectivity index (χ1) is 7.08. The Morgan fingerprint density at radius 3 is 2.47 bits per heavy atom. The van der Waals surface area contributed by atoms with Crippen molar-refractivity contribution in [2.45, 2.75) is 19.3 Å². The molecule has 1 saturated carbocycles. The Bertz CT molecular complexity index is 281. The van der Waals surface area contributed by atoms with E-state index >= 15 is 0 Å². The average molecular weight is 213 g/mol. The zero-order valence-corrected chi connectivity index (χ0v) is 8.40. The van der Waals surface area contributed by atoms with E-state index in [0.29, 0.717) is 13.0 Å². The van der Waals surface area contributed by atoms with Crippen LogP contribution in [0.4, 0.5) is 0 Å².